The van der Waals surface area contributed by atoms with Crippen molar-refractivity contribution < 1.29 is 29.7 Å². The average Bonchev–Trinajstić information content (AvgIpc) is 2.45. The van der Waals surface area contributed by atoms with E-state index in [2.05, 4.69) is 4.76 Å². The van der Waals surface area contributed by atoms with Gasteiger partial charge >= 0.3 is 7.75 Å². The summed E-state index contributed by atoms with van der Waals surface area (Å²) in [7, 11) is -4.70. The van der Waals surface area contributed by atoms with Gasteiger partial charge in [-0.3, -0.25) is 0 Å². The second-order valence-electron chi connectivity index (χ2n) is 5.66. The van der Waals surface area contributed by atoms with E-state index in [-0.39, 0.29) is 28.9 Å². The van der Waals surface area contributed by atoms with Gasteiger partial charge in [-0.2, -0.15) is 4.76 Å². The molecule has 1 aliphatic carbocycles. The minimum atomic E-state index is -4.70. The molecule has 0 bridgehead atoms. The summed E-state index contributed by atoms with van der Waals surface area (Å²) >= 11 is 0. The molecule has 0 aliphatic heterocycles. The largest absolute Gasteiger partial charge is 0.511 e. The number of aliphatic hydroxyl groups excluding tert-OH is 2. The molecule has 1 aromatic rings. The van der Waals surface area contributed by atoms with Gasteiger partial charge in [-0.1, -0.05) is 19.1 Å². The van der Waals surface area contributed by atoms with Crippen LogP contribution in [0, 0.1) is 5.92 Å². The van der Waals surface area contributed by atoms with Crippen LogP contribution in [0.1, 0.15) is 31.2 Å². The van der Waals surface area contributed by atoms with Gasteiger partial charge < -0.3 is 25.1 Å². The molecule has 2 rings (SSSR count). The summed E-state index contributed by atoms with van der Waals surface area (Å²) < 4.78 is 14.5. The predicted octanol–water partition coefficient (Wildman–Crippen LogP) is 3.32. The van der Waals surface area contributed by atoms with Gasteiger partial charge in [-0.05, 0) is 36.5 Å². The lowest BCUT2D eigenvalue weighted by atomic mass is 9.82. The number of phenolic OH excluding ortho intramolecular Hbond substituents is 1. The highest BCUT2D eigenvalue weighted by molar-refractivity contribution is 7.50. The third-order valence-electron chi connectivity index (χ3n) is 3.91. The molecule has 0 saturated heterocycles. The lowest BCUT2D eigenvalue weighted by Crippen LogP contribution is -2.22. The van der Waals surface area contributed by atoms with E-state index in [0.29, 0.717) is 12.8 Å². The van der Waals surface area contributed by atoms with Gasteiger partial charge in [0.05, 0.1) is 11.6 Å². The molecule has 1 aliphatic rings. The number of hydrogen-bond donors (Lipinski definition) is 5. The Kier molecular flexibility index (Phi) is 5.49. The SMILES string of the molecule is CCC(CC1C(O)=CC(O)=CC1=NP(=O)(O)O)c1cccc(O)c1. The van der Waals surface area contributed by atoms with Crippen molar-refractivity contribution >= 4 is 13.5 Å². The Morgan fingerprint density at radius 2 is 1.92 bits per heavy atom. The molecule has 1 aromatic carbocycles. The molecular formula is C16H20NO6P. The lowest BCUT2D eigenvalue weighted by molar-refractivity contribution is 0.333. The number of allylic oxidation sites excluding steroid dienone is 3. The number of nitrogens with zero attached hydrogens (tertiary/aromatic N) is 1. The van der Waals surface area contributed by atoms with Crippen LogP contribution >= 0.6 is 7.75 Å². The standard InChI is InChI=1S/C16H20NO6P/c1-2-10(11-4-3-5-12(18)6-11)7-14-15(17-24(21,22)23)8-13(19)9-16(14)20/h3-6,8-10,14,18-20H,2,7H2,1H3,(H2,21,22,23). The zero-order valence-electron chi connectivity index (χ0n) is 13.1. The molecule has 24 heavy (non-hydrogen) atoms. The summed E-state index contributed by atoms with van der Waals surface area (Å²) in [4.78, 5) is 18.2. The second kappa shape index (κ2) is 7.21. The van der Waals surface area contributed by atoms with Crippen molar-refractivity contribution in [3.8, 4) is 5.75 Å². The highest BCUT2D eigenvalue weighted by atomic mass is 31.2. The van der Waals surface area contributed by atoms with Crippen molar-refractivity contribution in [2.75, 3.05) is 0 Å². The molecule has 0 aromatic heterocycles. The van der Waals surface area contributed by atoms with Crippen LogP contribution in [0.25, 0.3) is 0 Å². The van der Waals surface area contributed by atoms with Gasteiger partial charge in [-0.15, -0.1) is 0 Å². The Hall–Kier alpha value is -2.08. The fraction of sp³-hybridized carbons (Fsp3) is 0.312. The first-order chi connectivity index (χ1) is 11.2. The minimum Gasteiger partial charge on any atom is -0.511 e. The highest BCUT2D eigenvalue weighted by Gasteiger charge is 2.29. The molecule has 0 heterocycles. The van der Waals surface area contributed by atoms with Gasteiger partial charge in [-0.25, -0.2) is 4.57 Å². The van der Waals surface area contributed by atoms with Crippen molar-refractivity contribution in [2.24, 2.45) is 10.7 Å². The lowest BCUT2D eigenvalue weighted by Gasteiger charge is -2.25. The molecule has 0 fully saturated rings. The highest BCUT2D eigenvalue weighted by Crippen LogP contribution is 2.40. The van der Waals surface area contributed by atoms with Crippen molar-refractivity contribution in [1.82, 2.24) is 0 Å². The first kappa shape index (κ1) is 18.3. The van der Waals surface area contributed by atoms with Crippen LogP contribution in [0.15, 0.2) is 52.7 Å². The average molecular weight is 353 g/mol. The van der Waals surface area contributed by atoms with E-state index in [1.54, 1.807) is 18.2 Å². The molecular weight excluding hydrogens is 333 g/mol. The van der Waals surface area contributed by atoms with Gasteiger partial charge in [0.2, 0.25) is 0 Å². The van der Waals surface area contributed by atoms with Crippen LogP contribution < -0.4 is 0 Å². The number of rotatable bonds is 5. The molecule has 0 amide bonds. The fourth-order valence-corrected chi connectivity index (χ4v) is 3.29. The number of aliphatic hydroxyl groups is 2. The van der Waals surface area contributed by atoms with Crippen LogP contribution in [0.3, 0.4) is 0 Å². The van der Waals surface area contributed by atoms with E-state index in [0.717, 1.165) is 17.7 Å². The minimum absolute atomic E-state index is 0.0700. The summed E-state index contributed by atoms with van der Waals surface area (Å²) in [6.45, 7) is 1.94. The molecule has 5 N–H and O–H groups in total. The maximum Gasteiger partial charge on any atom is 0.448 e. The zero-order valence-corrected chi connectivity index (χ0v) is 14.0. The molecule has 8 heteroatoms. The Morgan fingerprint density at radius 1 is 1.21 bits per heavy atom. The summed E-state index contributed by atoms with van der Waals surface area (Å²) in [6, 6.07) is 6.71. The Bertz CT molecular complexity index is 749. The van der Waals surface area contributed by atoms with Crippen molar-refractivity contribution in [3.63, 3.8) is 0 Å². The first-order valence-electron chi connectivity index (χ1n) is 7.45. The normalized spacial score (nSPS) is 21.3. The number of phenols is 1. The third-order valence-corrected chi connectivity index (χ3v) is 4.40. The number of benzene rings is 1. The smallest absolute Gasteiger partial charge is 0.448 e. The number of aromatic hydroxyl groups is 1. The van der Waals surface area contributed by atoms with E-state index in [1.165, 1.54) is 0 Å². The predicted molar refractivity (Wildman–Crippen MR) is 90.1 cm³/mol. The third kappa shape index (κ3) is 4.71. The van der Waals surface area contributed by atoms with Crippen LogP contribution in [0.2, 0.25) is 0 Å². The number of hydrogen-bond acceptors (Lipinski definition) is 4. The molecule has 0 radical (unpaired) electrons. The molecule has 130 valence electrons. The van der Waals surface area contributed by atoms with Gasteiger partial charge in [0.15, 0.2) is 0 Å². The second-order valence-corrected chi connectivity index (χ2v) is 6.89. The Morgan fingerprint density at radius 3 is 2.50 bits per heavy atom. The van der Waals surface area contributed by atoms with Crippen molar-refractivity contribution in [3.05, 3.63) is 53.5 Å². The van der Waals surface area contributed by atoms with Crippen LogP contribution in [0.5, 0.6) is 5.75 Å². The van der Waals surface area contributed by atoms with E-state index in [9.17, 15) is 19.9 Å². The maximum absolute atomic E-state index is 11.2. The monoisotopic (exact) mass is 353 g/mol. The summed E-state index contributed by atoms with van der Waals surface area (Å²) in [5.74, 6) is -1.23. The fourth-order valence-electron chi connectivity index (χ4n) is 2.79. The Balaban J connectivity index is 2.35. The zero-order chi connectivity index (χ0) is 17.9. The van der Waals surface area contributed by atoms with Crippen LogP contribution in [-0.2, 0) is 4.57 Å². The summed E-state index contributed by atoms with van der Waals surface area (Å²) in [6.07, 6.45) is 3.29. The molecule has 2 unspecified atom stereocenters. The van der Waals surface area contributed by atoms with Crippen molar-refractivity contribution in [2.45, 2.75) is 25.7 Å². The van der Waals surface area contributed by atoms with Crippen molar-refractivity contribution in [1.29, 1.82) is 0 Å². The Labute approximate surface area is 139 Å². The van der Waals surface area contributed by atoms with Gasteiger partial charge in [0.25, 0.3) is 0 Å². The van der Waals surface area contributed by atoms with E-state index in [1.807, 2.05) is 13.0 Å². The van der Waals surface area contributed by atoms with E-state index in [4.69, 9.17) is 9.79 Å². The molecule has 2 atom stereocenters. The molecule has 0 saturated carbocycles. The van der Waals surface area contributed by atoms with E-state index < -0.39 is 13.7 Å². The molecule has 0 spiro atoms. The topological polar surface area (TPSA) is 131 Å². The quantitative estimate of drug-likeness (QED) is 0.516. The van der Waals surface area contributed by atoms with Gasteiger partial charge in [0, 0.05) is 12.2 Å². The van der Waals surface area contributed by atoms with Crippen LogP contribution in [0.4, 0.5) is 0 Å². The first-order valence-corrected chi connectivity index (χ1v) is 9.02. The maximum atomic E-state index is 11.2. The van der Waals surface area contributed by atoms with Crippen LogP contribution in [-0.4, -0.2) is 30.8 Å². The van der Waals surface area contributed by atoms with Gasteiger partial charge in [0.1, 0.15) is 17.3 Å². The molecule has 7 nitrogen and oxygen atoms in total. The van der Waals surface area contributed by atoms with E-state index >= 15 is 0 Å². The summed E-state index contributed by atoms with van der Waals surface area (Å²) in [5.41, 5.74) is 0.777. The summed E-state index contributed by atoms with van der Waals surface area (Å²) in [5, 5.41) is 29.3.